The number of unbranched alkanes of at least 4 members (excludes halogenated alkanes) is 9. The maximum Gasteiger partial charge on any atom is 0.160 e. The molecule has 1 rings (SSSR count). The van der Waals surface area contributed by atoms with Gasteiger partial charge in [-0.1, -0.05) is 64.7 Å². The van der Waals surface area contributed by atoms with Gasteiger partial charge in [-0.3, -0.25) is 9.59 Å². The Balaban J connectivity index is 2.05. The Kier molecular flexibility index (Phi) is 10.1. The van der Waals surface area contributed by atoms with Crippen molar-refractivity contribution in [1.82, 2.24) is 0 Å². The first kappa shape index (κ1) is 18.1. The molecule has 1 aromatic heterocycles. The first-order valence-corrected chi connectivity index (χ1v) is 9.16. The van der Waals surface area contributed by atoms with Crippen LogP contribution in [0.2, 0.25) is 0 Å². The van der Waals surface area contributed by atoms with Crippen molar-refractivity contribution < 1.29 is 9.59 Å². The van der Waals surface area contributed by atoms with Crippen molar-refractivity contribution in [3.63, 3.8) is 0 Å². The maximum atomic E-state index is 10.9. The van der Waals surface area contributed by atoms with E-state index in [1.54, 1.807) is 0 Å². The summed E-state index contributed by atoms with van der Waals surface area (Å²) in [4.78, 5) is 23.1. The van der Waals surface area contributed by atoms with Crippen LogP contribution >= 0.6 is 11.3 Å². The van der Waals surface area contributed by atoms with Crippen molar-refractivity contribution in [2.24, 2.45) is 0 Å². The van der Waals surface area contributed by atoms with E-state index in [0.717, 1.165) is 35.9 Å². The lowest BCUT2D eigenvalue weighted by atomic mass is 10.0. The second-order valence-electron chi connectivity index (χ2n) is 5.71. The molecular formula is C18H28O2S. The van der Waals surface area contributed by atoms with Crippen molar-refractivity contribution in [1.29, 1.82) is 0 Å². The van der Waals surface area contributed by atoms with Gasteiger partial charge >= 0.3 is 0 Å². The molecule has 21 heavy (non-hydrogen) atoms. The fraction of sp³-hybridized carbons (Fsp3) is 0.667. The van der Waals surface area contributed by atoms with Gasteiger partial charge in [0.05, 0.1) is 9.75 Å². The molecule has 1 heterocycles. The summed E-state index contributed by atoms with van der Waals surface area (Å²) in [6, 6.07) is 1.87. The minimum atomic E-state index is 0.666. The second kappa shape index (κ2) is 11.7. The number of carbonyl (C=O) groups excluding carboxylic acids is 2. The van der Waals surface area contributed by atoms with Crippen LogP contribution in [0.1, 0.15) is 96.0 Å². The molecule has 0 fully saturated rings. The molecular weight excluding hydrogens is 280 g/mol. The molecule has 118 valence electrons. The molecule has 0 saturated heterocycles. The molecule has 0 aliphatic carbocycles. The van der Waals surface area contributed by atoms with Gasteiger partial charge in [-0.15, -0.1) is 11.3 Å². The van der Waals surface area contributed by atoms with Crippen molar-refractivity contribution in [2.45, 2.75) is 77.6 Å². The van der Waals surface area contributed by atoms with E-state index in [2.05, 4.69) is 6.92 Å². The topological polar surface area (TPSA) is 34.1 Å². The average molecular weight is 308 g/mol. The predicted molar refractivity (Wildman–Crippen MR) is 90.6 cm³/mol. The lowest BCUT2D eigenvalue weighted by molar-refractivity contribution is 0.111. The minimum absolute atomic E-state index is 0.666. The highest BCUT2D eigenvalue weighted by Crippen LogP contribution is 2.22. The molecule has 0 atom stereocenters. The highest BCUT2D eigenvalue weighted by molar-refractivity contribution is 7.15. The molecule has 0 radical (unpaired) electrons. The highest BCUT2D eigenvalue weighted by Gasteiger charge is 2.07. The zero-order valence-electron chi connectivity index (χ0n) is 13.2. The molecule has 0 aliphatic rings. The molecule has 0 bridgehead atoms. The summed E-state index contributed by atoms with van der Waals surface area (Å²) in [6.45, 7) is 2.25. The maximum absolute atomic E-state index is 10.9. The lowest BCUT2D eigenvalue weighted by Crippen LogP contribution is -1.88. The molecule has 0 unspecified atom stereocenters. The summed E-state index contributed by atoms with van der Waals surface area (Å²) in [5, 5.41) is 0. The standard InChI is InChI=1S/C18H28O2S/c1-2-3-4-5-6-7-8-9-10-11-12-16-13-17(14-19)21-18(16)15-20/h13-15H,2-12H2,1H3. The molecule has 0 aliphatic heterocycles. The fourth-order valence-corrected chi connectivity index (χ4v) is 3.46. The Morgan fingerprint density at radius 1 is 0.857 bits per heavy atom. The lowest BCUT2D eigenvalue weighted by Gasteiger charge is -2.02. The SMILES string of the molecule is CCCCCCCCCCCCc1cc(C=O)sc1C=O. The molecule has 0 N–H and O–H groups in total. The summed E-state index contributed by atoms with van der Waals surface area (Å²) in [5.41, 5.74) is 1.05. The summed E-state index contributed by atoms with van der Waals surface area (Å²) >= 11 is 1.30. The van der Waals surface area contributed by atoms with Gasteiger partial charge < -0.3 is 0 Å². The second-order valence-corrected chi connectivity index (χ2v) is 6.82. The third kappa shape index (κ3) is 7.56. The Labute approximate surface area is 133 Å². The molecule has 1 aromatic rings. The van der Waals surface area contributed by atoms with Crippen LogP contribution in [0.25, 0.3) is 0 Å². The van der Waals surface area contributed by atoms with Crippen molar-refractivity contribution in [3.8, 4) is 0 Å². The van der Waals surface area contributed by atoms with Crippen LogP contribution in [-0.4, -0.2) is 12.6 Å². The highest BCUT2D eigenvalue weighted by atomic mass is 32.1. The normalized spacial score (nSPS) is 10.7. The van der Waals surface area contributed by atoms with Gasteiger partial charge in [-0.05, 0) is 24.5 Å². The van der Waals surface area contributed by atoms with Gasteiger partial charge in [0.15, 0.2) is 12.6 Å². The number of rotatable bonds is 13. The number of carbonyl (C=O) groups is 2. The van der Waals surface area contributed by atoms with Gasteiger partial charge in [0.25, 0.3) is 0 Å². The fourth-order valence-electron chi connectivity index (χ4n) is 2.62. The van der Waals surface area contributed by atoms with Crippen LogP contribution in [0, 0.1) is 0 Å². The van der Waals surface area contributed by atoms with Crippen molar-refractivity contribution >= 4 is 23.9 Å². The summed E-state index contributed by atoms with van der Waals surface area (Å²) in [5.74, 6) is 0. The van der Waals surface area contributed by atoms with E-state index in [4.69, 9.17) is 0 Å². The third-order valence-corrected chi connectivity index (χ3v) is 4.91. The largest absolute Gasteiger partial charge is 0.297 e. The molecule has 0 saturated carbocycles. The minimum Gasteiger partial charge on any atom is -0.297 e. The van der Waals surface area contributed by atoms with Crippen LogP contribution in [0.3, 0.4) is 0 Å². The molecule has 0 spiro atoms. The van der Waals surface area contributed by atoms with E-state index >= 15 is 0 Å². The Hall–Kier alpha value is -0.960. The number of hydrogen-bond acceptors (Lipinski definition) is 3. The molecule has 0 amide bonds. The molecule has 0 aromatic carbocycles. The monoisotopic (exact) mass is 308 g/mol. The smallest absolute Gasteiger partial charge is 0.160 e. The molecule has 2 nitrogen and oxygen atoms in total. The number of thiophene rings is 1. The zero-order chi connectivity index (χ0) is 15.3. The summed E-state index contributed by atoms with van der Waals surface area (Å²) in [7, 11) is 0. The van der Waals surface area contributed by atoms with Gasteiger partial charge in [0, 0.05) is 0 Å². The quantitative estimate of drug-likeness (QED) is 0.339. The first-order valence-electron chi connectivity index (χ1n) is 8.35. The Bertz CT molecular complexity index is 409. The average Bonchev–Trinajstić information content (AvgIpc) is 2.91. The van der Waals surface area contributed by atoms with E-state index in [9.17, 15) is 9.59 Å². The van der Waals surface area contributed by atoms with E-state index in [-0.39, 0.29) is 0 Å². The van der Waals surface area contributed by atoms with E-state index in [1.165, 1.54) is 69.1 Å². The van der Waals surface area contributed by atoms with Crippen LogP contribution in [0.15, 0.2) is 6.07 Å². The Morgan fingerprint density at radius 2 is 1.43 bits per heavy atom. The van der Waals surface area contributed by atoms with E-state index < -0.39 is 0 Å². The number of aldehydes is 2. The van der Waals surface area contributed by atoms with Gasteiger partial charge in [0.2, 0.25) is 0 Å². The first-order chi connectivity index (χ1) is 10.3. The van der Waals surface area contributed by atoms with Crippen LogP contribution < -0.4 is 0 Å². The van der Waals surface area contributed by atoms with Gasteiger partial charge in [-0.2, -0.15) is 0 Å². The zero-order valence-corrected chi connectivity index (χ0v) is 14.1. The molecule has 3 heteroatoms. The summed E-state index contributed by atoms with van der Waals surface area (Å²) < 4.78 is 0. The van der Waals surface area contributed by atoms with E-state index in [1.807, 2.05) is 6.07 Å². The van der Waals surface area contributed by atoms with Gasteiger partial charge in [-0.25, -0.2) is 0 Å². The van der Waals surface area contributed by atoms with Crippen LogP contribution in [0.5, 0.6) is 0 Å². The van der Waals surface area contributed by atoms with Crippen LogP contribution in [-0.2, 0) is 6.42 Å². The Morgan fingerprint density at radius 3 is 1.95 bits per heavy atom. The number of aryl methyl sites for hydroxylation is 1. The van der Waals surface area contributed by atoms with Crippen molar-refractivity contribution in [2.75, 3.05) is 0 Å². The van der Waals surface area contributed by atoms with Crippen molar-refractivity contribution in [3.05, 3.63) is 21.4 Å². The number of hydrogen-bond donors (Lipinski definition) is 0. The predicted octanol–water partition coefficient (Wildman–Crippen LogP) is 5.84. The van der Waals surface area contributed by atoms with Gasteiger partial charge in [0.1, 0.15) is 0 Å². The van der Waals surface area contributed by atoms with Crippen LogP contribution in [0.4, 0.5) is 0 Å². The third-order valence-electron chi connectivity index (χ3n) is 3.88. The van der Waals surface area contributed by atoms with E-state index in [0.29, 0.717) is 4.88 Å². The summed E-state index contributed by atoms with van der Waals surface area (Å²) in [6.07, 6.45) is 15.8.